The van der Waals surface area contributed by atoms with Crippen molar-refractivity contribution in [2.24, 2.45) is 5.73 Å². The molecule has 0 saturated heterocycles. The van der Waals surface area contributed by atoms with E-state index in [0.29, 0.717) is 60.6 Å². The number of amides is 1. The molecule has 2 heterocycles. The van der Waals surface area contributed by atoms with E-state index in [1.807, 2.05) is 11.9 Å². The van der Waals surface area contributed by atoms with Crippen LogP contribution in [0.15, 0.2) is 66.9 Å². The maximum Gasteiger partial charge on any atom is 0.393 e. The molecule has 0 radical (unpaired) electrons. The predicted octanol–water partition coefficient (Wildman–Crippen LogP) is 5.58. The molecule has 2 aromatic heterocycles. The van der Waals surface area contributed by atoms with Crippen LogP contribution in [0.3, 0.4) is 0 Å². The topological polar surface area (TPSA) is 97.1 Å². The summed E-state index contributed by atoms with van der Waals surface area (Å²) in [6.07, 6.45) is -3.29. The second-order valence-electron chi connectivity index (χ2n) is 9.39. The molecule has 0 aliphatic rings. The first kappa shape index (κ1) is 28.8. The Morgan fingerprint density at radius 3 is 2.45 bits per heavy atom. The fraction of sp³-hybridized carbons (Fsp3) is 0.276. The molecule has 3 N–H and O–H groups in total. The Hall–Kier alpha value is -4.25. The van der Waals surface area contributed by atoms with Crippen LogP contribution in [0.1, 0.15) is 36.0 Å². The Morgan fingerprint density at radius 1 is 1.02 bits per heavy atom. The largest absolute Gasteiger partial charge is 0.476 e. The van der Waals surface area contributed by atoms with Gasteiger partial charge in [-0.1, -0.05) is 36.4 Å². The first-order chi connectivity index (χ1) is 19.1. The number of benzene rings is 2. The van der Waals surface area contributed by atoms with Gasteiger partial charge in [0.2, 0.25) is 17.7 Å². The van der Waals surface area contributed by atoms with Gasteiger partial charge in [-0.15, -0.1) is 0 Å². The Bertz CT molecular complexity index is 1470. The number of rotatable bonds is 12. The highest BCUT2D eigenvalue weighted by Crippen LogP contribution is 2.40. The number of likely N-dealkylation sites (N-methyl/N-ethyl adjacent to an activating group) is 1. The number of primary amides is 1. The number of H-pyrrole nitrogens is 1. The van der Waals surface area contributed by atoms with E-state index in [2.05, 4.69) is 15.2 Å². The standard InChI is InChI=1S/C29H29F4N5O2/c1-38(13-5-8-25(34)39)14-15-40-26-12-10-21(18-35-26)27(20-9-11-24-22(16-20)28(30)37-36-24)23(17-29(31,32)33)19-6-3-2-4-7-19/h2-4,6-7,9-12,16,18H,5,8,13-15,17H2,1H3,(H2,34,39)(H,36,37)/b27-23-. The van der Waals surface area contributed by atoms with E-state index in [-0.39, 0.29) is 22.4 Å². The molecule has 0 saturated carbocycles. The summed E-state index contributed by atoms with van der Waals surface area (Å²) in [6.45, 7) is 1.57. The smallest absolute Gasteiger partial charge is 0.393 e. The Morgan fingerprint density at radius 2 is 1.77 bits per heavy atom. The van der Waals surface area contributed by atoms with E-state index >= 15 is 0 Å². The van der Waals surface area contributed by atoms with Crippen LogP contribution in [0.5, 0.6) is 5.88 Å². The van der Waals surface area contributed by atoms with Gasteiger partial charge in [0, 0.05) is 30.8 Å². The molecule has 11 heteroatoms. The summed E-state index contributed by atoms with van der Waals surface area (Å²) in [5.41, 5.74) is 7.03. The lowest BCUT2D eigenvalue weighted by molar-refractivity contribution is -0.123. The summed E-state index contributed by atoms with van der Waals surface area (Å²) in [5.74, 6) is -0.709. The highest BCUT2D eigenvalue weighted by Gasteiger charge is 2.31. The number of aromatic amines is 1. The Kier molecular flexibility index (Phi) is 9.15. The van der Waals surface area contributed by atoms with Gasteiger partial charge in [0.15, 0.2) is 0 Å². The third-order valence-corrected chi connectivity index (χ3v) is 6.31. The van der Waals surface area contributed by atoms with Gasteiger partial charge in [-0.05, 0) is 60.5 Å². The minimum absolute atomic E-state index is 0.0319. The molecular formula is C29H29F4N5O2. The Labute approximate surface area is 228 Å². The quantitative estimate of drug-likeness (QED) is 0.176. The number of ether oxygens (including phenoxy) is 1. The second kappa shape index (κ2) is 12.7. The molecule has 210 valence electrons. The SMILES string of the molecule is CN(CCCC(N)=O)CCOc1ccc(/C(=C(/CC(F)(F)F)c2ccccc2)c2ccc3n[nH]c(F)c3c2)cn1. The molecule has 4 aromatic rings. The number of halogens is 4. The molecule has 0 aliphatic carbocycles. The number of nitrogens with zero attached hydrogens (tertiary/aromatic N) is 3. The fourth-order valence-electron chi connectivity index (χ4n) is 4.38. The lowest BCUT2D eigenvalue weighted by atomic mass is 9.88. The van der Waals surface area contributed by atoms with E-state index < -0.39 is 18.5 Å². The molecule has 40 heavy (non-hydrogen) atoms. The van der Waals surface area contributed by atoms with Crippen molar-refractivity contribution in [3.8, 4) is 5.88 Å². The van der Waals surface area contributed by atoms with E-state index in [1.54, 1.807) is 54.6 Å². The van der Waals surface area contributed by atoms with Gasteiger partial charge in [-0.2, -0.15) is 22.7 Å². The van der Waals surface area contributed by atoms with Crippen molar-refractivity contribution in [3.05, 3.63) is 89.5 Å². The van der Waals surface area contributed by atoms with Gasteiger partial charge in [0.05, 0.1) is 17.3 Å². The number of hydrogen-bond acceptors (Lipinski definition) is 5. The minimum atomic E-state index is -4.50. The van der Waals surface area contributed by atoms with Gasteiger partial charge in [-0.3, -0.25) is 9.89 Å². The Balaban J connectivity index is 1.66. The first-order valence-electron chi connectivity index (χ1n) is 12.7. The molecule has 0 fully saturated rings. The number of fused-ring (bicyclic) bond motifs is 1. The normalized spacial score (nSPS) is 12.6. The number of aromatic nitrogens is 3. The maximum absolute atomic E-state index is 14.4. The summed E-state index contributed by atoms with van der Waals surface area (Å²) in [4.78, 5) is 17.2. The number of allylic oxidation sites excluding steroid dienone is 1. The summed E-state index contributed by atoms with van der Waals surface area (Å²) in [5, 5.41) is 6.32. The number of nitrogens with two attached hydrogens (primary N) is 1. The molecule has 0 aliphatic heterocycles. The van der Waals surface area contributed by atoms with E-state index in [1.165, 1.54) is 12.3 Å². The molecule has 0 spiro atoms. The van der Waals surface area contributed by atoms with Crippen molar-refractivity contribution in [1.82, 2.24) is 20.1 Å². The summed E-state index contributed by atoms with van der Waals surface area (Å²) < 4.78 is 61.7. The monoisotopic (exact) mass is 555 g/mol. The summed E-state index contributed by atoms with van der Waals surface area (Å²) in [6, 6.07) is 16.2. The van der Waals surface area contributed by atoms with Crippen LogP contribution in [0.4, 0.5) is 17.6 Å². The fourth-order valence-corrected chi connectivity index (χ4v) is 4.38. The zero-order valence-electron chi connectivity index (χ0n) is 21.8. The van der Waals surface area contributed by atoms with Crippen molar-refractivity contribution in [3.63, 3.8) is 0 Å². The molecule has 0 unspecified atom stereocenters. The number of hydrogen-bond donors (Lipinski definition) is 2. The van der Waals surface area contributed by atoms with Gasteiger partial charge >= 0.3 is 6.18 Å². The van der Waals surface area contributed by atoms with Crippen molar-refractivity contribution in [2.45, 2.75) is 25.4 Å². The molecule has 2 aromatic carbocycles. The average Bonchev–Trinajstić information content (AvgIpc) is 3.29. The number of carbonyl (C=O) groups excluding carboxylic acids is 1. The molecular weight excluding hydrogens is 526 g/mol. The number of carbonyl (C=O) groups is 1. The number of alkyl halides is 3. The molecule has 0 atom stereocenters. The third-order valence-electron chi connectivity index (χ3n) is 6.31. The predicted molar refractivity (Wildman–Crippen MR) is 145 cm³/mol. The lowest BCUT2D eigenvalue weighted by Gasteiger charge is -2.19. The van der Waals surface area contributed by atoms with Crippen LogP contribution in [-0.2, 0) is 4.79 Å². The van der Waals surface area contributed by atoms with Crippen molar-refractivity contribution in [1.29, 1.82) is 0 Å². The van der Waals surface area contributed by atoms with Crippen molar-refractivity contribution < 1.29 is 27.1 Å². The van der Waals surface area contributed by atoms with Gasteiger partial charge in [0.1, 0.15) is 6.61 Å². The van der Waals surface area contributed by atoms with Crippen LogP contribution in [-0.4, -0.2) is 58.9 Å². The van der Waals surface area contributed by atoms with Crippen LogP contribution in [0, 0.1) is 5.95 Å². The van der Waals surface area contributed by atoms with Crippen LogP contribution in [0.25, 0.3) is 22.0 Å². The second-order valence-corrected chi connectivity index (χ2v) is 9.39. The van der Waals surface area contributed by atoms with E-state index in [0.717, 1.165) is 0 Å². The highest BCUT2D eigenvalue weighted by molar-refractivity contribution is 6.00. The zero-order chi connectivity index (χ0) is 28.7. The van der Waals surface area contributed by atoms with Crippen LogP contribution in [0.2, 0.25) is 0 Å². The average molecular weight is 556 g/mol. The maximum atomic E-state index is 14.4. The molecule has 1 amide bonds. The summed E-state index contributed by atoms with van der Waals surface area (Å²) >= 11 is 0. The van der Waals surface area contributed by atoms with Gasteiger partial charge < -0.3 is 15.4 Å². The van der Waals surface area contributed by atoms with Gasteiger partial charge in [0.25, 0.3) is 0 Å². The van der Waals surface area contributed by atoms with Crippen molar-refractivity contribution >= 4 is 28.0 Å². The lowest BCUT2D eigenvalue weighted by Crippen LogP contribution is -2.26. The van der Waals surface area contributed by atoms with Crippen molar-refractivity contribution in [2.75, 3.05) is 26.7 Å². The first-order valence-corrected chi connectivity index (χ1v) is 12.7. The van der Waals surface area contributed by atoms with Crippen LogP contribution >= 0.6 is 0 Å². The van der Waals surface area contributed by atoms with Crippen LogP contribution < -0.4 is 10.5 Å². The molecule has 7 nitrogen and oxygen atoms in total. The number of pyridine rings is 1. The molecule has 4 rings (SSSR count). The summed E-state index contributed by atoms with van der Waals surface area (Å²) in [7, 11) is 1.89. The van der Waals surface area contributed by atoms with E-state index in [4.69, 9.17) is 10.5 Å². The van der Waals surface area contributed by atoms with E-state index in [9.17, 15) is 22.4 Å². The zero-order valence-corrected chi connectivity index (χ0v) is 21.8. The molecule has 0 bridgehead atoms. The highest BCUT2D eigenvalue weighted by atomic mass is 19.4. The third kappa shape index (κ3) is 7.66. The minimum Gasteiger partial charge on any atom is -0.476 e. The number of nitrogens with one attached hydrogen (secondary N) is 1. The van der Waals surface area contributed by atoms with Gasteiger partial charge in [-0.25, -0.2) is 4.98 Å².